The maximum absolute atomic E-state index is 4.77. The van der Waals surface area contributed by atoms with Gasteiger partial charge in [0, 0.05) is 27.2 Å². The third kappa shape index (κ3) is 2.87. The van der Waals surface area contributed by atoms with Crippen LogP contribution in [0.5, 0.6) is 0 Å². The normalized spacial score (nSPS) is 17.6. The van der Waals surface area contributed by atoms with Gasteiger partial charge in [0.05, 0.1) is 27.8 Å². The first-order valence-corrected chi connectivity index (χ1v) is 13.0. The van der Waals surface area contributed by atoms with Crippen molar-refractivity contribution in [3.63, 3.8) is 0 Å². The fourth-order valence-electron chi connectivity index (χ4n) is 5.75. The second-order valence-corrected chi connectivity index (χ2v) is 10.4. The SMILES string of the molecule is c1ccc(C2NC(n3c4ccccc4c4cc5ccccc5cc43)Nc3sc4ccccc4c32)nc1. The Morgan fingerprint density at radius 2 is 1.44 bits per heavy atom. The zero-order valence-electron chi connectivity index (χ0n) is 19.3. The van der Waals surface area contributed by atoms with Crippen molar-refractivity contribution in [1.29, 1.82) is 0 Å². The van der Waals surface area contributed by atoms with Gasteiger partial charge >= 0.3 is 0 Å². The number of rotatable bonds is 2. The van der Waals surface area contributed by atoms with E-state index in [0.717, 1.165) is 5.69 Å². The van der Waals surface area contributed by atoms with Gasteiger partial charge in [-0.25, -0.2) is 0 Å². The summed E-state index contributed by atoms with van der Waals surface area (Å²) in [4.78, 5) is 4.77. The summed E-state index contributed by atoms with van der Waals surface area (Å²) in [5, 5.41) is 15.3. The van der Waals surface area contributed by atoms with Gasteiger partial charge < -0.3 is 9.88 Å². The lowest BCUT2D eigenvalue weighted by Crippen LogP contribution is -2.40. The molecule has 0 fully saturated rings. The van der Waals surface area contributed by atoms with Gasteiger partial charge in [0.1, 0.15) is 0 Å². The lowest BCUT2D eigenvalue weighted by Gasteiger charge is -2.34. The minimum atomic E-state index is -0.138. The highest BCUT2D eigenvalue weighted by molar-refractivity contribution is 7.23. The maximum Gasteiger partial charge on any atom is 0.161 e. The number of benzene rings is 4. The molecule has 7 aromatic rings. The van der Waals surface area contributed by atoms with E-state index in [1.807, 2.05) is 23.6 Å². The lowest BCUT2D eigenvalue weighted by molar-refractivity contribution is 0.416. The molecule has 2 atom stereocenters. The van der Waals surface area contributed by atoms with Crippen molar-refractivity contribution < 1.29 is 0 Å². The molecule has 3 aromatic heterocycles. The maximum atomic E-state index is 4.77. The molecule has 0 saturated carbocycles. The van der Waals surface area contributed by atoms with E-state index in [4.69, 9.17) is 4.98 Å². The molecule has 0 saturated heterocycles. The summed E-state index contributed by atoms with van der Waals surface area (Å²) in [5.41, 5.74) is 4.72. The van der Waals surface area contributed by atoms with Crippen molar-refractivity contribution in [3.8, 4) is 0 Å². The van der Waals surface area contributed by atoms with Gasteiger partial charge in [0.25, 0.3) is 0 Å². The number of thiophene rings is 1. The molecule has 4 aromatic carbocycles. The number of fused-ring (bicyclic) bond motifs is 7. The molecule has 0 amide bonds. The fraction of sp³-hybridized carbons (Fsp3) is 0.0645. The van der Waals surface area contributed by atoms with E-state index in [1.165, 1.54) is 53.2 Å². The third-order valence-corrected chi connectivity index (χ3v) is 8.45. The summed E-state index contributed by atoms with van der Waals surface area (Å²) in [6.07, 6.45) is 1.75. The predicted molar refractivity (Wildman–Crippen MR) is 151 cm³/mol. The van der Waals surface area contributed by atoms with Gasteiger partial charge in [0.2, 0.25) is 0 Å². The molecule has 172 valence electrons. The van der Waals surface area contributed by atoms with Crippen LogP contribution in [0.25, 0.3) is 42.7 Å². The van der Waals surface area contributed by atoms with Crippen LogP contribution in [0.15, 0.2) is 109 Å². The topological polar surface area (TPSA) is 41.9 Å². The van der Waals surface area contributed by atoms with Crippen LogP contribution in [0.4, 0.5) is 5.00 Å². The smallest absolute Gasteiger partial charge is 0.161 e. The molecule has 4 nitrogen and oxygen atoms in total. The second-order valence-electron chi connectivity index (χ2n) is 9.35. The number of anilines is 1. The molecule has 0 radical (unpaired) electrons. The van der Waals surface area contributed by atoms with Crippen molar-refractivity contribution in [3.05, 3.63) is 121 Å². The zero-order valence-corrected chi connectivity index (χ0v) is 20.2. The van der Waals surface area contributed by atoms with Gasteiger partial charge in [0.15, 0.2) is 6.29 Å². The second kappa shape index (κ2) is 7.65. The minimum absolute atomic E-state index is 0.0275. The summed E-state index contributed by atoms with van der Waals surface area (Å²) in [6.45, 7) is 0. The third-order valence-electron chi connectivity index (χ3n) is 7.33. The molecule has 0 aliphatic carbocycles. The highest BCUT2D eigenvalue weighted by atomic mass is 32.1. The number of para-hydroxylation sites is 1. The molecule has 0 spiro atoms. The van der Waals surface area contributed by atoms with Crippen molar-refractivity contribution in [1.82, 2.24) is 14.9 Å². The van der Waals surface area contributed by atoms with Crippen LogP contribution in [-0.4, -0.2) is 9.55 Å². The van der Waals surface area contributed by atoms with E-state index in [1.54, 1.807) is 0 Å². The van der Waals surface area contributed by atoms with Crippen molar-refractivity contribution >= 4 is 59.0 Å². The van der Waals surface area contributed by atoms with Crippen molar-refractivity contribution in [2.45, 2.75) is 12.3 Å². The Morgan fingerprint density at radius 3 is 2.31 bits per heavy atom. The number of nitrogens with zero attached hydrogens (tertiary/aromatic N) is 2. The highest BCUT2D eigenvalue weighted by Crippen LogP contribution is 2.46. The molecular weight excluding hydrogens is 460 g/mol. The summed E-state index contributed by atoms with van der Waals surface area (Å²) in [7, 11) is 0. The van der Waals surface area contributed by atoms with Crippen LogP contribution in [-0.2, 0) is 0 Å². The molecule has 4 heterocycles. The Kier molecular flexibility index (Phi) is 4.26. The van der Waals surface area contributed by atoms with E-state index < -0.39 is 0 Å². The highest BCUT2D eigenvalue weighted by Gasteiger charge is 2.33. The Balaban J connectivity index is 1.40. The Bertz CT molecular complexity index is 1920. The Labute approximate surface area is 211 Å². The molecule has 2 N–H and O–H groups in total. The van der Waals surface area contributed by atoms with Crippen molar-refractivity contribution in [2.75, 3.05) is 5.32 Å². The number of pyridine rings is 1. The number of nitrogens with one attached hydrogen (secondary N) is 2. The van der Waals surface area contributed by atoms with Gasteiger partial charge in [-0.2, -0.15) is 0 Å². The Morgan fingerprint density at radius 1 is 0.694 bits per heavy atom. The molecule has 8 rings (SSSR count). The largest absolute Gasteiger partial charge is 0.344 e. The van der Waals surface area contributed by atoms with Gasteiger partial charge in [-0.3, -0.25) is 10.3 Å². The monoisotopic (exact) mass is 482 g/mol. The van der Waals surface area contributed by atoms with Crippen LogP contribution < -0.4 is 10.6 Å². The minimum Gasteiger partial charge on any atom is -0.344 e. The van der Waals surface area contributed by atoms with E-state index in [9.17, 15) is 0 Å². The lowest BCUT2D eigenvalue weighted by atomic mass is 9.99. The van der Waals surface area contributed by atoms with Crippen LogP contribution in [0.1, 0.15) is 23.6 Å². The number of hydrogen-bond donors (Lipinski definition) is 2. The van der Waals surface area contributed by atoms with E-state index in [-0.39, 0.29) is 12.3 Å². The fourth-order valence-corrected chi connectivity index (χ4v) is 6.91. The van der Waals surface area contributed by atoms with Crippen LogP contribution in [0, 0.1) is 0 Å². The molecule has 0 bridgehead atoms. The van der Waals surface area contributed by atoms with Gasteiger partial charge in [-0.15, -0.1) is 11.3 Å². The summed E-state index contributed by atoms with van der Waals surface area (Å²) >= 11 is 1.82. The molecule has 1 aliphatic rings. The first-order chi connectivity index (χ1) is 17.8. The van der Waals surface area contributed by atoms with Crippen LogP contribution >= 0.6 is 11.3 Å². The number of hydrogen-bond acceptors (Lipinski definition) is 4. The summed E-state index contributed by atoms with van der Waals surface area (Å²) in [5.74, 6) is 0. The molecule has 1 aliphatic heterocycles. The average Bonchev–Trinajstić information content (AvgIpc) is 3.47. The summed E-state index contributed by atoms with van der Waals surface area (Å²) in [6, 6.07) is 36.8. The average molecular weight is 483 g/mol. The molecule has 2 unspecified atom stereocenters. The quantitative estimate of drug-likeness (QED) is 0.264. The zero-order chi connectivity index (χ0) is 23.6. The van der Waals surface area contributed by atoms with E-state index >= 15 is 0 Å². The first-order valence-electron chi connectivity index (χ1n) is 12.2. The summed E-state index contributed by atoms with van der Waals surface area (Å²) < 4.78 is 3.70. The molecule has 36 heavy (non-hydrogen) atoms. The van der Waals surface area contributed by atoms with Gasteiger partial charge in [-0.1, -0.05) is 66.7 Å². The van der Waals surface area contributed by atoms with Gasteiger partial charge in [-0.05, 0) is 52.6 Å². The van der Waals surface area contributed by atoms with Crippen LogP contribution in [0.3, 0.4) is 0 Å². The number of aromatic nitrogens is 2. The molecular formula is C31H22N4S. The predicted octanol–water partition coefficient (Wildman–Crippen LogP) is 7.82. The van der Waals surface area contributed by atoms with E-state index in [0.29, 0.717) is 0 Å². The van der Waals surface area contributed by atoms with Crippen molar-refractivity contribution in [2.24, 2.45) is 0 Å². The standard InChI is InChI=1S/C31H22N4S/c1-2-10-20-18-26-23(17-19(20)9-1)21-11-3-5-14-25(21)35(26)31-33-29(24-13-7-8-16-32-24)28-22-12-4-6-15-27(22)36-30(28)34-31/h1-18,29,31,33-34H. The van der Waals surface area contributed by atoms with E-state index in [2.05, 4.69) is 112 Å². The molecule has 5 heteroatoms. The van der Waals surface area contributed by atoms with Crippen LogP contribution in [0.2, 0.25) is 0 Å². The first kappa shape index (κ1) is 20.0. The Hall–Kier alpha value is -4.19.